The molecule has 0 amide bonds. The van der Waals surface area contributed by atoms with E-state index in [0.29, 0.717) is 38.2 Å². The molecule has 3 aromatic carbocycles. The fraction of sp³-hybridized carbons (Fsp3) is 0.382. The van der Waals surface area contributed by atoms with Gasteiger partial charge in [0, 0.05) is 35.9 Å². The number of benzene rings is 3. The van der Waals surface area contributed by atoms with Crippen LogP contribution in [0.15, 0.2) is 66.7 Å². The van der Waals surface area contributed by atoms with E-state index in [1.54, 1.807) is 13.0 Å². The largest absolute Gasteiger partial charge is 0.488 e. The second kappa shape index (κ2) is 11.5. The van der Waals surface area contributed by atoms with Crippen molar-refractivity contribution in [2.24, 2.45) is 5.92 Å². The molecule has 2 aliphatic rings. The fourth-order valence-electron chi connectivity index (χ4n) is 6.67. The maximum Gasteiger partial charge on any atom is 0.306 e. The summed E-state index contributed by atoms with van der Waals surface area (Å²) >= 11 is 0. The Balaban J connectivity index is 1.56. The molecule has 0 spiro atoms. The van der Waals surface area contributed by atoms with Crippen LogP contribution in [0.3, 0.4) is 0 Å². The Morgan fingerprint density at radius 2 is 1.70 bits per heavy atom. The van der Waals surface area contributed by atoms with E-state index in [0.717, 1.165) is 53.6 Å². The predicted molar refractivity (Wildman–Crippen MR) is 154 cm³/mol. The van der Waals surface area contributed by atoms with Crippen molar-refractivity contribution in [3.63, 3.8) is 0 Å². The number of aromatic nitrogens is 1. The van der Waals surface area contributed by atoms with Gasteiger partial charge in [0.05, 0.1) is 11.4 Å². The number of hydrogen-bond donors (Lipinski definition) is 1. The molecule has 0 atom stereocenters. The molecule has 40 heavy (non-hydrogen) atoms. The SMILES string of the molecule is Cc1cc(-n2c(C3CCOCC3)c(C3CCC(C(=O)O)CC3)c3c(OCc4ccccc4)cccc32)ccc1F. The zero-order valence-electron chi connectivity index (χ0n) is 22.9. The number of carboxylic acids is 1. The quantitative estimate of drug-likeness (QED) is 0.258. The third-order valence-corrected chi connectivity index (χ3v) is 8.76. The van der Waals surface area contributed by atoms with Gasteiger partial charge in [-0.3, -0.25) is 4.79 Å². The summed E-state index contributed by atoms with van der Waals surface area (Å²) in [6.45, 7) is 3.67. The standard InChI is InChI=1S/C34H36FNO4/c1-22-20-27(14-15-28(22)35)36-29-8-5-9-30(40-21-23-6-3-2-4-7-23)32(29)31(33(36)25-16-18-39-19-17-25)24-10-12-26(13-11-24)34(37)38/h2-9,14-15,20,24-26H,10-13,16-19,21H2,1H3,(H,37,38). The number of fused-ring (bicyclic) bond motifs is 1. The number of ether oxygens (including phenoxy) is 2. The lowest BCUT2D eigenvalue weighted by atomic mass is 9.76. The van der Waals surface area contributed by atoms with Gasteiger partial charge >= 0.3 is 5.97 Å². The Morgan fingerprint density at radius 1 is 0.950 bits per heavy atom. The Bertz CT molecular complexity index is 1500. The minimum Gasteiger partial charge on any atom is -0.488 e. The van der Waals surface area contributed by atoms with Crippen LogP contribution in [0.25, 0.3) is 16.6 Å². The monoisotopic (exact) mass is 541 g/mol. The molecule has 1 N–H and O–H groups in total. The summed E-state index contributed by atoms with van der Waals surface area (Å²) in [7, 11) is 0. The molecule has 1 saturated heterocycles. The van der Waals surface area contributed by atoms with E-state index in [9.17, 15) is 14.3 Å². The highest BCUT2D eigenvalue weighted by molar-refractivity contribution is 5.93. The first-order chi connectivity index (χ1) is 19.5. The molecular weight excluding hydrogens is 505 g/mol. The average Bonchev–Trinajstić information content (AvgIpc) is 3.34. The van der Waals surface area contributed by atoms with Crippen LogP contribution >= 0.6 is 0 Å². The molecule has 2 fully saturated rings. The van der Waals surface area contributed by atoms with Crippen molar-refractivity contribution in [1.29, 1.82) is 0 Å². The van der Waals surface area contributed by atoms with E-state index in [1.165, 1.54) is 11.3 Å². The van der Waals surface area contributed by atoms with Crippen molar-refractivity contribution in [2.75, 3.05) is 13.2 Å². The number of hydrogen-bond acceptors (Lipinski definition) is 3. The molecule has 208 valence electrons. The number of aryl methyl sites for hydroxylation is 1. The van der Waals surface area contributed by atoms with Crippen LogP contribution in [0, 0.1) is 18.7 Å². The average molecular weight is 542 g/mol. The normalized spacial score (nSPS) is 20.1. The van der Waals surface area contributed by atoms with Gasteiger partial charge in [0.1, 0.15) is 18.2 Å². The molecule has 1 aliphatic carbocycles. The van der Waals surface area contributed by atoms with Gasteiger partial charge in [-0.15, -0.1) is 0 Å². The Hall–Kier alpha value is -3.64. The molecule has 1 saturated carbocycles. The molecular formula is C34H36FNO4. The van der Waals surface area contributed by atoms with E-state index in [4.69, 9.17) is 9.47 Å². The zero-order chi connectivity index (χ0) is 27.6. The number of rotatable bonds is 7. The topological polar surface area (TPSA) is 60.7 Å². The highest BCUT2D eigenvalue weighted by atomic mass is 19.1. The number of carboxylic acid groups (broad SMARTS) is 1. The molecule has 1 aliphatic heterocycles. The number of nitrogens with zero attached hydrogens (tertiary/aromatic N) is 1. The van der Waals surface area contributed by atoms with Crippen LogP contribution in [-0.4, -0.2) is 28.9 Å². The van der Waals surface area contributed by atoms with Crippen molar-refractivity contribution in [1.82, 2.24) is 4.57 Å². The van der Waals surface area contributed by atoms with Crippen LogP contribution in [0.2, 0.25) is 0 Å². The Labute approximate surface area is 234 Å². The minimum atomic E-state index is -0.695. The molecule has 5 nitrogen and oxygen atoms in total. The van der Waals surface area contributed by atoms with Crippen LogP contribution in [-0.2, 0) is 16.1 Å². The summed E-state index contributed by atoms with van der Waals surface area (Å²) in [5, 5.41) is 10.8. The number of carbonyl (C=O) groups is 1. The summed E-state index contributed by atoms with van der Waals surface area (Å²) in [6, 6.07) is 21.7. The molecule has 1 aromatic heterocycles. The van der Waals surface area contributed by atoms with Gasteiger partial charge in [-0.2, -0.15) is 0 Å². The first kappa shape index (κ1) is 26.6. The number of aliphatic carboxylic acids is 1. The van der Waals surface area contributed by atoms with Gasteiger partial charge in [0.15, 0.2) is 0 Å². The molecule has 4 aromatic rings. The maximum absolute atomic E-state index is 14.4. The predicted octanol–water partition coefficient (Wildman–Crippen LogP) is 7.91. The highest BCUT2D eigenvalue weighted by Gasteiger charge is 2.35. The molecule has 6 heteroatoms. The summed E-state index contributed by atoms with van der Waals surface area (Å²) < 4.78 is 29.0. The molecule has 2 heterocycles. The maximum atomic E-state index is 14.4. The second-order valence-electron chi connectivity index (χ2n) is 11.3. The minimum absolute atomic E-state index is 0.216. The van der Waals surface area contributed by atoms with Gasteiger partial charge in [-0.1, -0.05) is 36.4 Å². The molecule has 0 radical (unpaired) electrons. The van der Waals surface area contributed by atoms with Crippen molar-refractivity contribution in [3.8, 4) is 11.4 Å². The third-order valence-electron chi connectivity index (χ3n) is 8.76. The highest BCUT2D eigenvalue weighted by Crippen LogP contribution is 2.49. The Morgan fingerprint density at radius 3 is 2.40 bits per heavy atom. The van der Waals surface area contributed by atoms with Crippen LogP contribution in [0.1, 0.15) is 72.7 Å². The Kier molecular flexibility index (Phi) is 7.61. The zero-order valence-corrected chi connectivity index (χ0v) is 22.9. The van der Waals surface area contributed by atoms with Crippen LogP contribution in [0.4, 0.5) is 4.39 Å². The first-order valence-corrected chi connectivity index (χ1v) is 14.4. The van der Waals surface area contributed by atoms with E-state index < -0.39 is 5.97 Å². The van der Waals surface area contributed by atoms with Gasteiger partial charge in [-0.25, -0.2) is 4.39 Å². The second-order valence-corrected chi connectivity index (χ2v) is 11.3. The van der Waals surface area contributed by atoms with Crippen molar-refractivity contribution < 1.29 is 23.8 Å². The van der Waals surface area contributed by atoms with Gasteiger partial charge in [0.2, 0.25) is 0 Å². The first-order valence-electron chi connectivity index (χ1n) is 14.4. The van der Waals surface area contributed by atoms with Crippen molar-refractivity contribution >= 4 is 16.9 Å². The van der Waals surface area contributed by atoms with E-state index >= 15 is 0 Å². The lowest BCUT2D eigenvalue weighted by Crippen LogP contribution is -2.23. The molecule has 6 rings (SSSR count). The van der Waals surface area contributed by atoms with Crippen molar-refractivity contribution in [2.45, 2.75) is 63.9 Å². The summed E-state index contributed by atoms with van der Waals surface area (Å²) in [6.07, 6.45) is 4.80. The van der Waals surface area contributed by atoms with E-state index in [1.807, 2.05) is 42.5 Å². The van der Waals surface area contributed by atoms with E-state index in [-0.39, 0.29) is 23.6 Å². The molecule has 0 unspecified atom stereocenters. The third kappa shape index (κ3) is 5.13. The van der Waals surface area contributed by atoms with Gasteiger partial charge in [0.25, 0.3) is 0 Å². The van der Waals surface area contributed by atoms with Crippen molar-refractivity contribution in [3.05, 3.63) is 94.9 Å². The van der Waals surface area contributed by atoms with Gasteiger partial charge in [-0.05, 0) is 98.4 Å². The number of halogens is 1. The van der Waals surface area contributed by atoms with Gasteiger partial charge < -0.3 is 19.1 Å². The fourth-order valence-corrected chi connectivity index (χ4v) is 6.67. The van der Waals surface area contributed by atoms with Crippen LogP contribution in [0.5, 0.6) is 5.75 Å². The lowest BCUT2D eigenvalue weighted by Gasteiger charge is -2.31. The summed E-state index contributed by atoms with van der Waals surface area (Å²) in [5.41, 5.74) is 6.22. The van der Waals surface area contributed by atoms with E-state index in [2.05, 4.69) is 22.8 Å². The summed E-state index contributed by atoms with van der Waals surface area (Å²) in [5.74, 6) is 0.138. The van der Waals surface area contributed by atoms with Crippen LogP contribution < -0.4 is 4.74 Å². The summed E-state index contributed by atoms with van der Waals surface area (Å²) in [4.78, 5) is 11.8. The molecule has 0 bridgehead atoms. The smallest absolute Gasteiger partial charge is 0.306 e. The lowest BCUT2D eigenvalue weighted by molar-refractivity contribution is -0.142.